The molecule has 0 aromatic carbocycles. The summed E-state index contributed by atoms with van der Waals surface area (Å²) in [4.78, 5) is 2.33. The summed E-state index contributed by atoms with van der Waals surface area (Å²) in [5, 5.41) is 18.2. The van der Waals surface area contributed by atoms with Crippen LogP contribution in [0.25, 0.3) is 0 Å². The number of nitrogens with zero attached hydrogens (tertiary/aromatic N) is 1. The largest absolute Gasteiger partial charge is 0.395 e. The molecule has 1 rings (SSSR count). The van der Waals surface area contributed by atoms with Gasteiger partial charge in [-0.05, 0) is 26.2 Å². The second-order valence-corrected chi connectivity index (χ2v) is 4.34. The Morgan fingerprint density at radius 2 is 1.93 bits per heavy atom. The van der Waals surface area contributed by atoms with E-state index >= 15 is 0 Å². The van der Waals surface area contributed by atoms with Gasteiger partial charge in [-0.1, -0.05) is 12.8 Å². The van der Waals surface area contributed by atoms with Gasteiger partial charge in [0, 0.05) is 19.1 Å². The monoisotopic (exact) mass is 201 g/mol. The highest BCUT2D eigenvalue weighted by Crippen LogP contribution is 2.23. The van der Waals surface area contributed by atoms with Gasteiger partial charge >= 0.3 is 0 Å². The fourth-order valence-electron chi connectivity index (χ4n) is 2.23. The van der Waals surface area contributed by atoms with Gasteiger partial charge in [-0.2, -0.15) is 0 Å². The van der Waals surface area contributed by atoms with Crippen molar-refractivity contribution in [1.29, 1.82) is 0 Å². The van der Waals surface area contributed by atoms with Crippen LogP contribution < -0.4 is 0 Å². The third-order valence-electron chi connectivity index (χ3n) is 3.06. The van der Waals surface area contributed by atoms with Crippen molar-refractivity contribution in [3.63, 3.8) is 0 Å². The smallest absolute Gasteiger partial charge is 0.0558 e. The van der Waals surface area contributed by atoms with Crippen LogP contribution in [0.15, 0.2) is 0 Å². The molecule has 0 aliphatic heterocycles. The van der Waals surface area contributed by atoms with E-state index in [2.05, 4.69) is 4.90 Å². The van der Waals surface area contributed by atoms with Gasteiger partial charge in [0.15, 0.2) is 0 Å². The summed E-state index contributed by atoms with van der Waals surface area (Å²) in [6.45, 7) is 3.74. The molecule has 2 N–H and O–H groups in total. The van der Waals surface area contributed by atoms with Crippen LogP contribution >= 0.6 is 0 Å². The zero-order valence-corrected chi connectivity index (χ0v) is 9.15. The predicted molar refractivity (Wildman–Crippen MR) is 57.2 cm³/mol. The molecule has 1 aliphatic rings. The van der Waals surface area contributed by atoms with Crippen LogP contribution in [0, 0.1) is 0 Å². The Morgan fingerprint density at radius 3 is 2.43 bits per heavy atom. The molecule has 0 radical (unpaired) electrons. The summed E-state index contributed by atoms with van der Waals surface area (Å²) in [6.07, 6.45) is 5.76. The Bertz CT molecular complexity index is 144. The van der Waals surface area contributed by atoms with E-state index in [4.69, 9.17) is 5.11 Å². The summed E-state index contributed by atoms with van der Waals surface area (Å²) in [5.74, 6) is 0. The first kappa shape index (κ1) is 12.0. The molecule has 1 saturated carbocycles. The molecule has 1 atom stereocenters. The summed E-state index contributed by atoms with van der Waals surface area (Å²) < 4.78 is 0. The molecule has 0 bridgehead atoms. The molecule has 3 heteroatoms. The Labute approximate surface area is 86.7 Å². The third-order valence-corrected chi connectivity index (χ3v) is 3.06. The lowest BCUT2D eigenvalue weighted by Crippen LogP contribution is -2.37. The molecule has 0 amide bonds. The zero-order chi connectivity index (χ0) is 10.4. The van der Waals surface area contributed by atoms with Crippen LogP contribution in [-0.4, -0.2) is 47.0 Å². The van der Waals surface area contributed by atoms with E-state index in [0.717, 1.165) is 19.5 Å². The average molecular weight is 201 g/mol. The van der Waals surface area contributed by atoms with E-state index in [9.17, 15) is 5.11 Å². The van der Waals surface area contributed by atoms with Crippen molar-refractivity contribution in [2.75, 3.05) is 19.7 Å². The number of rotatable bonds is 6. The molecular formula is C11H23NO2. The highest BCUT2D eigenvalue weighted by Gasteiger charge is 2.21. The fraction of sp³-hybridized carbons (Fsp3) is 1.00. The van der Waals surface area contributed by atoms with E-state index in [1.165, 1.54) is 25.7 Å². The lowest BCUT2D eigenvalue weighted by molar-refractivity contribution is 0.116. The second-order valence-electron chi connectivity index (χ2n) is 4.34. The van der Waals surface area contributed by atoms with Crippen molar-refractivity contribution < 1.29 is 10.2 Å². The van der Waals surface area contributed by atoms with Gasteiger partial charge in [-0.25, -0.2) is 0 Å². The normalized spacial score (nSPS) is 20.6. The molecular weight excluding hydrogens is 178 g/mol. The van der Waals surface area contributed by atoms with Crippen molar-refractivity contribution in [2.24, 2.45) is 0 Å². The Hall–Kier alpha value is -0.120. The minimum absolute atomic E-state index is 0.224. The van der Waals surface area contributed by atoms with Gasteiger partial charge in [-0.15, -0.1) is 0 Å². The standard InChI is InChI=1S/C11H23NO2/c1-10(14)6-7-12(8-9-13)11-4-2-3-5-11/h10-11,13-14H,2-9H2,1H3. The van der Waals surface area contributed by atoms with Gasteiger partial charge in [0.2, 0.25) is 0 Å². The van der Waals surface area contributed by atoms with Crippen LogP contribution in [-0.2, 0) is 0 Å². The number of aliphatic hydroxyl groups excluding tert-OH is 2. The number of hydrogen-bond acceptors (Lipinski definition) is 3. The SMILES string of the molecule is CC(O)CCN(CCO)C1CCCC1. The lowest BCUT2D eigenvalue weighted by Gasteiger charge is -2.28. The van der Waals surface area contributed by atoms with E-state index in [1.54, 1.807) is 0 Å². The number of aliphatic hydroxyl groups is 2. The average Bonchev–Trinajstić information content (AvgIpc) is 2.64. The third kappa shape index (κ3) is 3.95. The van der Waals surface area contributed by atoms with E-state index in [-0.39, 0.29) is 12.7 Å². The molecule has 1 fully saturated rings. The van der Waals surface area contributed by atoms with Gasteiger partial charge in [0.1, 0.15) is 0 Å². The van der Waals surface area contributed by atoms with Crippen molar-refractivity contribution >= 4 is 0 Å². The number of hydrogen-bond donors (Lipinski definition) is 2. The van der Waals surface area contributed by atoms with Gasteiger partial charge < -0.3 is 10.2 Å². The molecule has 84 valence electrons. The molecule has 14 heavy (non-hydrogen) atoms. The summed E-state index contributed by atoms with van der Waals surface area (Å²) in [6, 6.07) is 0.654. The fourth-order valence-corrected chi connectivity index (χ4v) is 2.23. The molecule has 0 aromatic rings. The Kier molecular flexibility index (Phi) is 5.45. The van der Waals surface area contributed by atoms with Crippen molar-refractivity contribution in [3.8, 4) is 0 Å². The van der Waals surface area contributed by atoms with Gasteiger partial charge in [-0.3, -0.25) is 4.90 Å². The Balaban J connectivity index is 2.29. The minimum Gasteiger partial charge on any atom is -0.395 e. The predicted octanol–water partition coefficient (Wildman–Crippen LogP) is 0.994. The van der Waals surface area contributed by atoms with Gasteiger partial charge in [0.05, 0.1) is 12.7 Å². The first-order chi connectivity index (χ1) is 6.74. The molecule has 1 unspecified atom stereocenters. The molecule has 1 aliphatic carbocycles. The maximum atomic E-state index is 9.22. The summed E-state index contributed by atoms with van der Waals surface area (Å²) in [5.41, 5.74) is 0. The maximum absolute atomic E-state index is 9.22. The maximum Gasteiger partial charge on any atom is 0.0558 e. The highest BCUT2D eigenvalue weighted by atomic mass is 16.3. The molecule has 3 nitrogen and oxygen atoms in total. The Morgan fingerprint density at radius 1 is 1.29 bits per heavy atom. The molecule has 0 heterocycles. The van der Waals surface area contributed by atoms with E-state index < -0.39 is 0 Å². The van der Waals surface area contributed by atoms with Crippen LogP contribution in [0.5, 0.6) is 0 Å². The second kappa shape index (κ2) is 6.38. The van der Waals surface area contributed by atoms with Crippen molar-refractivity contribution in [1.82, 2.24) is 4.90 Å². The van der Waals surface area contributed by atoms with Crippen molar-refractivity contribution in [3.05, 3.63) is 0 Å². The van der Waals surface area contributed by atoms with E-state index in [0.29, 0.717) is 6.04 Å². The zero-order valence-electron chi connectivity index (χ0n) is 9.15. The van der Waals surface area contributed by atoms with E-state index in [1.807, 2.05) is 6.92 Å². The topological polar surface area (TPSA) is 43.7 Å². The minimum atomic E-state index is -0.224. The molecule has 0 saturated heterocycles. The van der Waals surface area contributed by atoms with Crippen LogP contribution in [0.3, 0.4) is 0 Å². The molecule has 0 aromatic heterocycles. The lowest BCUT2D eigenvalue weighted by atomic mass is 10.2. The van der Waals surface area contributed by atoms with Crippen LogP contribution in [0.1, 0.15) is 39.0 Å². The first-order valence-electron chi connectivity index (χ1n) is 5.77. The van der Waals surface area contributed by atoms with Gasteiger partial charge in [0.25, 0.3) is 0 Å². The molecule has 0 spiro atoms. The summed E-state index contributed by atoms with van der Waals surface area (Å²) >= 11 is 0. The first-order valence-corrected chi connectivity index (χ1v) is 5.77. The highest BCUT2D eigenvalue weighted by molar-refractivity contribution is 4.77. The summed E-state index contributed by atoms with van der Waals surface area (Å²) in [7, 11) is 0. The van der Waals surface area contributed by atoms with Crippen LogP contribution in [0.4, 0.5) is 0 Å². The van der Waals surface area contributed by atoms with Crippen molar-refractivity contribution in [2.45, 2.75) is 51.2 Å². The quantitative estimate of drug-likeness (QED) is 0.673. The van der Waals surface area contributed by atoms with Crippen LogP contribution in [0.2, 0.25) is 0 Å².